The molecule has 0 aliphatic rings. The zero-order chi connectivity index (χ0) is 16.8. The van der Waals surface area contributed by atoms with Gasteiger partial charge in [-0.2, -0.15) is 0 Å². The Morgan fingerprint density at radius 1 is 1.04 bits per heavy atom. The van der Waals surface area contributed by atoms with E-state index in [0.717, 1.165) is 17.0 Å². The number of halogens is 3. The van der Waals surface area contributed by atoms with Gasteiger partial charge >= 0.3 is 0 Å². The second-order valence-corrected chi connectivity index (χ2v) is 5.85. The average Bonchev–Trinajstić information content (AvgIpc) is 2.52. The molecule has 0 aliphatic carbocycles. The monoisotopic (exact) mass is 356 g/mol. The highest BCUT2D eigenvalue weighted by Crippen LogP contribution is 2.19. The van der Waals surface area contributed by atoms with Crippen molar-refractivity contribution in [2.24, 2.45) is 0 Å². The summed E-state index contributed by atoms with van der Waals surface area (Å²) in [5.74, 6) is -3.09. The Bertz CT molecular complexity index is 726. The molecule has 2 aromatic carbocycles. The maximum Gasteiger partial charge on any atom is 0.272 e. The molecule has 0 radical (unpaired) electrons. The lowest BCUT2D eigenvalue weighted by molar-refractivity contribution is -0.119. The summed E-state index contributed by atoms with van der Waals surface area (Å²) in [4.78, 5) is 24.1. The van der Waals surface area contributed by atoms with Crippen molar-refractivity contribution in [3.05, 3.63) is 64.7 Å². The Balaban J connectivity index is 1.81. The molecular weight excluding hydrogens is 346 g/mol. The minimum atomic E-state index is -1.01. The fourth-order valence-electron chi connectivity index (χ4n) is 1.58. The summed E-state index contributed by atoms with van der Waals surface area (Å²) in [6.07, 6.45) is 0. The van der Waals surface area contributed by atoms with Crippen molar-refractivity contribution in [3.8, 4) is 0 Å². The third-order valence-electron chi connectivity index (χ3n) is 2.67. The van der Waals surface area contributed by atoms with Crippen molar-refractivity contribution in [2.75, 3.05) is 5.75 Å². The molecule has 4 nitrogen and oxygen atoms in total. The van der Waals surface area contributed by atoms with Gasteiger partial charge in [-0.1, -0.05) is 11.6 Å². The number of thioether (sulfide) groups is 1. The van der Waals surface area contributed by atoms with Gasteiger partial charge < -0.3 is 0 Å². The second kappa shape index (κ2) is 7.94. The number of carbonyl (C=O) groups is 2. The summed E-state index contributed by atoms with van der Waals surface area (Å²) in [7, 11) is 0. The van der Waals surface area contributed by atoms with Crippen molar-refractivity contribution >= 4 is 35.2 Å². The lowest BCUT2D eigenvalue weighted by atomic mass is 10.2. The molecule has 2 amide bonds. The Hall–Kier alpha value is -2.12. The fraction of sp³-hybridized carbons (Fsp3) is 0.0667. The van der Waals surface area contributed by atoms with Crippen LogP contribution in [0.3, 0.4) is 0 Å². The van der Waals surface area contributed by atoms with E-state index in [1.54, 1.807) is 24.3 Å². The third kappa shape index (κ3) is 5.22. The number of benzene rings is 2. The van der Waals surface area contributed by atoms with Gasteiger partial charge in [-0.3, -0.25) is 20.4 Å². The number of carbonyl (C=O) groups excluding carboxylic acids is 2. The van der Waals surface area contributed by atoms with E-state index in [9.17, 15) is 18.4 Å². The van der Waals surface area contributed by atoms with Crippen LogP contribution in [0.2, 0.25) is 5.02 Å². The predicted octanol–water partition coefficient (Wildman–Crippen LogP) is 3.17. The summed E-state index contributed by atoms with van der Waals surface area (Å²) in [5, 5.41) is 0.590. The first-order valence-corrected chi connectivity index (χ1v) is 7.74. The summed E-state index contributed by atoms with van der Waals surface area (Å²) in [5.41, 5.74) is 3.86. The summed E-state index contributed by atoms with van der Waals surface area (Å²) in [6.45, 7) is 0. The van der Waals surface area contributed by atoms with Crippen LogP contribution in [0.4, 0.5) is 8.78 Å². The second-order valence-electron chi connectivity index (χ2n) is 4.37. The van der Waals surface area contributed by atoms with Crippen LogP contribution >= 0.6 is 23.4 Å². The lowest BCUT2D eigenvalue weighted by Gasteiger charge is -2.08. The van der Waals surface area contributed by atoms with Crippen LogP contribution in [-0.2, 0) is 4.79 Å². The zero-order valence-electron chi connectivity index (χ0n) is 11.6. The van der Waals surface area contributed by atoms with Crippen LogP contribution in [-0.4, -0.2) is 17.6 Å². The molecular formula is C15H11ClF2N2O2S. The van der Waals surface area contributed by atoms with E-state index in [1.165, 1.54) is 11.8 Å². The molecule has 0 bridgehead atoms. The summed E-state index contributed by atoms with van der Waals surface area (Å²) < 4.78 is 26.2. The van der Waals surface area contributed by atoms with Gasteiger partial charge in [-0.15, -0.1) is 11.8 Å². The average molecular weight is 357 g/mol. The van der Waals surface area contributed by atoms with Gasteiger partial charge in [0.1, 0.15) is 11.6 Å². The van der Waals surface area contributed by atoms with Gasteiger partial charge in [0.2, 0.25) is 5.91 Å². The molecule has 2 aromatic rings. The molecule has 2 rings (SSSR count). The number of hydrazine groups is 1. The van der Waals surface area contributed by atoms with Crippen molar-refractivity contribution in [1.29, 1.82) is 0 Å². The topological polar surface area (TPSA) is 58.2 Å². The molecule has 0 aliphatic heterocycles. The largest absolute Gasteiger partial charge is 0.272 e. The molecule has 8 heteroatoms. The van der Waals surface area contributed by atoms with Gasteiger partial charge in [-0.05, 0) is 36.4 Å². The first-order chi connectivity index (χ1) is 11.0. The van der Waals surface area contributed by atoms with Gasteiger partial charge in [0, 0.05) is 16.0 Å². The maximum atomic E-state index is 13.4. The van der Waals surface area contributed by atoms with E-state index >= 15 is 0 Å². The quantitative estimate of drug-likeness (QED) is 0.653. The molecule has 0 fully saturated rings. The van der Waals surface area contributed by atoms with E-state index < -0.39 is 23.4 Å². The van der Waals surface area contributed by atoms with Crippen LogP contribution in [0.25, 0.3) is 0 Å². The summed E-state index contributed by atoms with van der Waals surface area (Å²) in [6, 6.07) is 9.44. The van der Waals surface area contributed by atoms with Gasteiger partial charge in [0.05, 0.1) is 11.3 Å². The van der Waals surface area contributed by atoms with E-state index in [4.69, 9.17) is 11.6 Å². The van der Waals surface area contributed by atoms with E-state index in [-0.39, 0.29) is 11.3 Å². The molecule has 23 heavy (non-hydrogen) atoms. The van der Waals surface area contributed by atoms with Crippen LogP contribution in [0.15, 0.2) is 47.4 Å². The first-order valence-electron chi connectivity index (χ1n) is 6.38. The van der Waals surface area contributed by atoms with Crippen molar-refractivity contribution in [2.45, 2.75) is 4.90 Å². The Morgan fingerprint density at radius 2 is 1.74 bits per heavy atom. The van der Waals surface area contributed by atoms with Gasteiger partial charge in [0.15, 0.2) is 0 Å². The normalized spacial score (nSPS) is 10.2. The number of hydrogen-bond donors (Lipinski definition) is 2. The minimum Gasteiger partial charge on any atom is -0.272 e. The first kappa shape index (κ1) is 17.2. The molecule has 0 unspecified atom stereocenters. The van der Waals surface area contributed by atoms with Crippen molar-refractivity contribution in [1.82, 2.24) is 10.9 Å². The number of nitrogens with one attached hydrogen (secondary N) is 2. The van der Waals surface area contributed by atoms with Crippen LogP contribution in [0.5, 0.6) is 0 Å². The van der Waals surface area contributed by atoms with Crippen molar-refractivity contribution in [3.63, 3.8) is 0 Å². The molecule has 120 valence electrons. The molecule has 2 N–H and O–H groups in total. The fourth-order valence-corrected chi connectivity index (χ4v) is 2.41. The van der Waals surface area contributed by atoms with Gasteiger partial charge in [0.25, 0.3) is 5.91 Å². The third-order valence-corrected chi connectivity index (χ3v) is 3.94. The molecule has 0 atom stereocenters. The summed E-state index contributed by atoms with van der Waals surface area (Å²) >= 11 is 6.99. The SMILES string of the molecule is O=C(CSc1ccc(Cl)cc1)NNC(=O)c1ccc(F)cc1F. The maximum absolute atomic E-state index is 13.4. The Labute approximate surface area is 140 Å². The number of rotatable bonds is 4. The van der Waals surface area contributed by atoms with E-state index in [2.05, 4.69) is 10.9 Å². The molecule has 0 heterocycles. The highest BCUT2D eigenvalue weighted by molar-refractivity contribution is 8.00. The van der Waals surface area contributed by atoms with Crippen LogP contribution in [0.1, 0.15) is 10.4 Å². The van der Waals surface area contributed by atoms with Crippen LogP contribution in [0, 0.1) is 11.6 Å². The minimum absolute atomic E-state index is 0.0494. The zero-order valence-corrected chi connectivity index (χ0v) is 13.2. The van der Waals surface area contributed by atoms with Crippen LogP contribution < -0.4 is 10.9 Å². The van der Waals surface area contributed by atoms with Crippen molar-refractivity contribution < 1.29 is 18.4 Å². The lowest BCUT2D eigenvalue weighted by Crippen LogP contribution is -2.42. The predicted molar refractivity (Wildman–Crippen MR) is 84.1 cm³/mol. The number of hydrogen-bond acceptors (Lipinski definition) is 3. The van der Waals surface area contributed by atoms with E-state index in [0.29, 0.717) is 11.1 Å². The Kier molecular flexibility index (Phi) is 5.95. The molecule has 0 saturated carbocycles. The van der Waals surface area contributed by atoms with E-state index in [1.807, 2.05) is 0 Å². The van der Waals surface area contributed by atoms with Gasteiger partial charge in [-0.25, -0.2) is 8.78 Å². The standard InChI is InChI=1S/C15H11ClF2N2O2S/c16-9-1-4-11(5-2-9)23-8-14(21)19-20-15(22)12-6-3-10(17)7-13(12)18/h1-7H,8H2,(H,19,21)(H,20,22). The Morgan fingerprint density at radius 3 is 2.39 bits per heavy atom. The highest BCUT2D eigenvalue weighted by Gasteiger charge is 2.13. The smallest absolute Gasteiger partial charge is 0.272 e. The molecule has 0 saturated heterocycles. The highest BCUT2D eigenvalue weighted by atomic mass is 35.5. The molecule has 0 aromatic heterocycles. The molecule has 0 spiro atoms. The number of amides is 2.